The Labute approximate surface area is 144 Å². The normalized spacial score (nSPS) is 10.8. The number of carbonyl (C=O) groups is 1. The Hall–Kier alpha value is -3.16. The molecule has 0 aliphatic carbocycles. The lowest BCUT2D eigenvalue weighted by molar-refractivity contribution is 0.262. The van der Waals surface area contributed by atoms with E-state index in [-0.39, 0.29) is 17.0 Å². The molecule has 8 heteroatoms. The third-order valence-corrected chi connectivity index (χ3v) is 3.87. The Morgan fingerprint density at radius 3 is 2.84 bits per heavy atom. The molecule has 3 rings (SSSR count). The summed E-state index contributed by atoms with van der Waals surface area (Å²) < 4.78 is 1.20. The second kappa shape index (κ2) is 6.76. The molecule has 130 valence electrons. The second-order valence-corrected chi connectivity index (χ2v) is 5.91. The van der Waals surface area contributed by atoms with Crippen LogP contribution in [0.15, 0.2) is 29.3 Å². The van der Waals surface area contributed by atoms with Gasteiger partial charge in [0.05, 0.1) is 5.69 Å². The number of aromatic amines is 1. The molecule has 3 aromatic rings. The average molecular weight is 340 g/mol. The maximum atomic E-state index is 12.6. The summed E-state index contributed by atoms with van der Waals surface area (Å²) in [5.74, 6) is 0.286. The van der Waals surface area contributed by atoms with E-state index in [1.54, 1.807) is 0 Å². The molecule has 1 aromatic carbocycles. The van der Waals surface area contributed by atoms with E-state index >= 15 is 0 Å². The predicted molar refractivity (Wildman–Crippen MR) is 96.2 cm³/mol. The molecule has 0 saturated heterocycles. The van der Waals surface area contributed by atoms with Crippen LogP contribution < -0.4 is 16.2 Å². The van der Waals surface area contributed by atoms with Crippen LogP contribution >= 0.6 is 0 Å². The van der Waals surface area contributed by atoms with Crippen molar-refractivity contribution in [1.82, 2.24) is 19.6 Å². The summed E-state index contributed by atoms with van der Waals surface area (Å²) in [5, 5.41) is 8.13. The summed E-state index contributed by atoms with van der Waals surface area (Å²) in [5.41, 5.74) is 2.97. The van der Waals surface area contributed by atoms with Gasteiger partial charge in [-0.1, -0.05) is 25.5 Å². The number of anilines is 2. The highest BCUT2D eigenvalue weighted by molar-refractivity contribution is 6.00. The third-order valence-electron chi connectivity index (χ3n) is 3.87. The number of H-pyrrole nitrogens is 1. The van der Waals surface area contributed by atoms with E-state index in [1.807, 2.05) is 39.0 Å². The highest BCUT2D eigenvalue weighted by Gasteiger charge is 2.16. The van der Waals surface area contributed by atoms with Crippen molar-refractivity contribution in [2.45, 2.75) is 33.6 Å². The fraction of sp³-hybridized carbons (Fsp3) is 0.294. The molecule has 0 fully saturated rings. The lowest BCUT2D eigenvalue weighted by Gasteiger charge is -2.12. The Morgan fingerprint density at radius 2 is 2.08 bits per heavy atom. The van der Waals surface area contributed by atoms with Crippen molar-refractivity contribution in [3.05, 3.63) is 51.7 Å². The second-order valence-electron chi connectivity index (χ2n) is 5.91. The first-order chi connectivity index (χ1) is 12.0. The van der Waals surface area contributed by atoms with Crippen molar-refractivity contribution in [3.8, 4) is 0 Å². The van der Waals surface area contributed by atoms with Gasteiger partial charge in [-0.15, -0.1) is 0 Å². The van der Waals surface area contributed by atoms with Gasteiger partial charge in [0.2, 0.25) is 0 Å². The van der Waals surface area contributed by atoms with Crippen LogP contribution in [0.2, 0.25) is 0 Å². The molecule has 0 unspecified atom stereocenters. The lowest BCUT2D eigenvalue weighted by Crippen LogP contribution is -2.28. The van der Waals surface area contributed by atoms with Gasteiger partial charge in [0.15, 0.2) is 0 Å². The van der Waals surface area contributed by atoms with Gasteiger partial charge in [0.25, 0.3) is 11.3 Å². The first-order valence-corrected chi connectivity index (χ1v) is 8.10. The summed E-state index contributed by atoms with van der Waals surface area (Å²) in [7, 11) is 0. The molecular weight excluding hydrogens is 320 g/mol. The lowest BCUT2D eigenvalue weighted by atomic mass is 10.1. The van der Waals surface area contributed by atoms with Crippen molar-refractivity contribution >= 4 is 23.2 Å². The van der Waals surface area contributed by atoms with Gasteiger partial charge in [-0.25, -0.2) is 14.8 Å². The minimum Gasteiger partial charge on any atom is -0.307 e. The van der Waals surface area contributed by atoms with Crippen LogP contribution in [0.3, 0.4) is 0 Å². The van der Waals surface area contributed by atoms with Crippen LogP contribution in [0, 0.1) is 13.8 Å². The fourth-order valence-electron chi connectivity index (χ4n) is 2.58. The number of urea groups is 1. The first kappa shape index (κ1) is 16.7. The standard InChI is InChI=1S/C17H20N6O2/c1-4-5-12-14(15(24)23-16(20-12)18-9-19-23)22-17(25)21-13-8-10(2)6-7-11(13)3/h6-9H,4-5H2,1-3H3,(H,18,19,20)(H2,21,22,25). The molecule has 25 heavy (non-hydrogen) atoms. The largest absolute Gasteiger partial charge is 0.323 e. The number of nitrogens with zero attached hydrogens (tertiary/aromatic N) is 3. The van der Waals surface area contributed by atoms with Crippen LogP contribution in [0.4, 0.5) is 16.2 Å². The van der Waals surface area contributed by atoms with Crippen molar-refractivity contribution in [2.75, 3.05) is 10.6 Å². The summed E-state index contributed by atoms with van der Waals surface area (Å²) >= 11 is 0. The van der Waals surface area contributed by atoms with Crippen molar-refractivity contribution < 1.29 is 4.79 Å². The molecule has 2 heterocycles. The maximum absolute atomic E-state index is 12.6. The molecular formula is C17H20N6O2. The Balaban J connectivity index is 1.92. The number of aryl methyl sites for hydroxylation is 3. The number of amides is 2. The van der Waals surface area contributed by atoms with E-state index in [0.717, 1.165) is 17.5 Å². The molecule has 3 N–H and O–H groups in total. The fourth-order valence-corrected chi connectivity index (χ4v) is 2.58. The topological polar surface area (TPSA) is 104 Å². The molecule has 0 aliphatic rings. The highest BCUT2D eigenvalue weighted by Crippen LogP contribution is 2.17. The predicted octanol–water partition coefficient (Wildman–Crippen LogP) is 2.63. The minimum atomic E-state index is -0.482. The Kier molecular flexibility index (Phi) is 4.51. The quantitative estimate of drug-likeness (QED) is 0.679. The van der Waals surface area contributed by atoms with Crippen LogP contribution in [-0.4, -0.2) is 25.6 Å². The van der Waals surface area contributed by atoms with Crippen molar-refractivity contribution in [2.24, 2.45) is 0 Å². The number of nitrogens with one attached hydrogen (secondary N) is 3. The molecule has 0 saturated carbocycles. The number of rotatable bonds is 4. The van der Waals surface area contributed by atoms with Crippen molar-refractivity contribution in [1.29, 1.82) is 0 Å². The summed E-state index contributed by atoms with van der Waals surface area (Å²) in [6.07, 6.45) is 2.75. The zero-order valence-corrected chi connectivity index (χ0v) is 14.4. The van der Waals surface area contributed by atoms with E-state index in [9.17, 15) is 9.59 Å². The Bertz CT molecular complexity index is 988. The number of benzene rings is 1. The summed E-state index contributed by atoms with van der Waals surface area (Å²) in [4.78, 5) is 33.4. The zero-order chi connectivity index (χ0) is 18.0. The van der Waals surface area contributed by atoms with Gasteiger partial charge < -0.3 is 10.6 Å². The molecule has 8 nitrogen and oxygen atoms in total. The van der Waals surface area contributed by atoms with Crippen molar-refractivity contribution in [3.63, 3.8) is 0 Å². The SMILES string of the molecule is CCCc1nc2nc[nH]n2c(=O)c1NC(=O)Nc1cc(C)ccc1C. The van der Waals surface area contributed by atoms with Crippen LogP contribution in [0.1, 0.15) is 30.2 Å². The monoisotopic (exact) mass is 340 g/mol. The average Bonchev–Trinajstić information content (AvgIpc) is 3.03. The molecule has 0 atom stereocenters. The molecule has 0 spiro atoms. The van der Waals surface area contributed by atoms with Gasteiger partial charge in [-0.3, -0.25) is 9.89 Å². The van der Waals surface area contributed by atoms with E-state index in [4.69, 9.17) is 0 Å². The van der Waals surface area contributed by atoms with Gasteiger partial charge in [-0.2, -0.15) is 4.52 Å². The molecule has 0 aliphatic heterocycles. The number of aromatic nitrogens is 4. The van der Waals surface area contributed by atoms with Crippen LogP contribution in [0.25, 0.3) is 5.78 Å². The van der Waals surface area contributed by atoms with Gasteiger partial charge >= 0.3 is 6.03 Å². The maximum Gasteiger partial charge on any atom is 0.323 e. The summed E-state index contributed by atoms with van der Waals surface area (Å²) in [6, 6.07) is 5.30. The van der Waals surface area contributed by atoms with E-state index in [1.165, 1.54) is 10.8 Å². The van der Waals surface area contributed by atoms with E-state index in [0.29, 0.717) is 17.8 Å². The van der Waals surface area contributed by atoms with Gasteiger partial charge in [0.1, 0.15) is 12.0 Å². The smallest absolute Gasteiger partial charge is 0.307 e. The van der Waals surface area contributed by atoms with E-state index in [2.05, 4.69) is 25.7 Å². The molecule has 2 aromatic heterocycles. The highest BCUT2D eigenvalue weighted by atomic mass is 16.2. The van der Waals surface area contributed by atoms with Crippen LogP contribution in [-0.2, 0) is 6.42 Å². The first-order valence-electron chi connectivity index (χ1n) is 8.10. The zero-order valence-electron chi connectivity index (χ0n) is 14.4. The molecule has 0 radical (unpaired) electrons. The minimum absolute atomic E-state index is 0.159. The van der Waals surface area contributed by atoms with Gasteiger partial charge in [0, 0.05) is 5.69 Å². The number of carbonyl (C=O) groups excluding carboxylic acids is 1. The number of hydrogen-bond acceptors (Lipinski definition) is 4. The van der Waals surface area contributed by atoms with Gasteiger partial charge in [-0.05, 0) is 37.5 Å². The molecule has 0 bridgehead atoms. The number of fused-ring (bicyclic) bond motifs is 1. The Morgan fingerprint density at radius 1 is 1.28 bits per heavy atom. The number of hydrogen-bond donors (Lipinski definition) is 3. The molecule has 2 amide bonds. The third kappa shape index (κ3) is 3.37. The van der Waals surface area contributed by atoms with Crippen LogP contribution in [0.5, 0.6) is 0 Å². The summed E-state index contributed by atoms with van der Waals surface area (Å²) in [6.45, 7) is 5.84. The van der Waals surface area contributed by atoms with E-state index < -0.39 is 6.03 Å².